The van der Waals surface area contributed by atoms with Crippen LogP contribution in [-0.4, -0.2) is 19.3 Å². The van der Waals surface area contributed by atoms with Gasteiger partial charge in [-0.1, -0.05) is 35.3 Å². The molecule has 29 heavy (non-hydrogen) atoms. The Morgan fingerprint density at radius 3 is 1.59 bits per heavy atom. The van der Waals surface area contributed by atoms with Crippen molar-refractivity contribution < 1.29 is 18.7 Å². The van der Waals surface area contributed by atoms with Crippen LogP contribution >= 0.6 is 30.8 Å². The Morgan fingerprint density at radius 1 is 0.793 bits per heavy atom. The number of nitrogens with zero attached hydrogens (tertiary/aromatic N) is 1. The van der Waals surface area contributed by atoms with Crippen molar-refractivity contribution in [3.8, 4) is 5.75 Å². The average Bonchev–Trinajstić information content (AvgIpc) is 2.74. The molecule has 0 radical (unpaired) electrons. The van der Waals surface area contributed by atoms with E-state index in [1.54, 1.807) is 36.4 Å². The van der Waals surface area contributed by atoms with Gasteiger partial charge in [-0.15, -0.1) is 0 Å². The number of phenols is 1. The molecular formula is C21H20Cl2NO4P. The molecule has 0 heterocycles. The van der Waals surface area contributed by atoms with Crippen molar-refractivity contribution in [1.29, 1.82) is 0 Å². The molecule has 152 valence electrons. The fraction of sp³-hybridized carbons (Fsp3) is 0.143. The minimum atomic E-state index is -3.66. The van der Waals surface area contributed by atoms with E-state index in [4.69, 9.17) is 32.2 Å². The molecule has 1 N–H and O–H groups in total. The van der Waals surface area contributed by atoms with Gasteiger partial charge in [-0.3, -0.25) is 4.57 Å². The molecule has 0 aliphatic rings. The molecule has 0 spiro atoms. The standard InChI is InChI=1S/C21H20Cl2NO4P/c1-27-29(26,28-2)21(15-3-13-20(25)14-4-15)24(18-9-5-16(22)6-10-18)19-11-7-17(23)8-12-19/h3-14,21,25H,1-2H3. The van der Waals surface area contributed by atoms with Gasteiger partial charge in [0.15, 0.2) is 5.78 Å². The summed E-state index contributed by atoms with van der Waals surface area (Å²) in [5.41, 5.74) is 2.09. The van der Waals surface area contributed by atoms with E-state index < -0.39 is 13.4 Å². The van der Waals surface area contributed by atoms with Crippen molar-refractivity contribution in [2.45, 2.75) is 5.78 Å². The fourth-order valence-electron chi connectivity index (χ4n) is 3.03. The highest BCUT2D eigenvalue weighted by molar-refractivity contribution is 7.54. The third-order valence-electron chi connectivity index (χ3n) is 4.45. The summed E-state index contributed by atoms with van der Waals surface area (Å²) in [4.78, 5) is 1.84. The molecule has 0 amide bonds. The number of anilines is 2. The Bertz CT molecular complexity index is 941. The van der Waals surface area contributed by atoms with Gasteiger partial charge in [-0.25, -0.2) is 0 Å². The summed E-state index contributed by atoms with van der Waals surface area (Å²) in [5.74, 6) is -0.734. The number of rotatable bonds is 7. The van der Waals surface area contributed by atoms with Crippen LogP contribution in [0.4, 0.5) is 11.4 Å². The molecule has 0 fully saturated rings. The lowest BCUT2D eigenvalue weighted by atomic mass is 10.1. The second kappa shape index (κ2) is 9.21. The summed E-state index contributed by atoms with van der Waals surface area (Å²) in [6.07, 6.45) is 0. The van der Waals surface area contributed by atoms with Gasteiger partial charge in [-0.05, 0) is 66.2 Å². The van der Waals surface area contributed by atoms with Gasteiger partial charge in [0.1, 0.15) is 5.75 Å². The second-order valence-corrected chi connectivity index (χ2v) is 9.36. The summed E-state index contributed by atoms with van der Waals surface area (Å²) >= 11 is 12.1. The van der Waals surface area contributed by atoms with E-state index in [-0.39, 0.29) is 5.75 Å². The van der Waals surface area contributed by atoms with Crippen LogP contribution in [0.3, 0.4) is 0 Å². The highest BCUT2D eigenvalue weighted by Gasteiger charge is 2.41. The molecule has 3 aromatic rings. The van der Waals surface area contributed by atoms with Crippen molar-refractivity contribution in [1.82, 2.24) is 0 Å². The number of halogens is 2. The second-order valence-electron chi connectivity index (χ2n) is 6.19. The summed E-state index contributed by atoms with van der Waals surface area (Å²) < 4.78 is 24.4. The molecule has 0 saturated carbocycles. The van der Waals surface area contributed by atoms with E-state index in [9.17, 15) is 9.67 Å². The number of benzene rings is 3. The molecule has 3 aromatic carbocycles. The zero-order valence-corrected chi connectivity index (χ0v) is 18.2. The van der Waals surface area contributed by atoms with E-state index in [2.05, 4.69) is 0 Å². The summed E-state index contributed by atoms with van der Waals surface area (Å²) in [7, 11) is -0.967. The SMILES string of the molecule is COP(=O)(OC)C(c1ccc(O)cc1)N(c1ccc(Cl)cc1)c1ccc(Cl)cc1. The van der Waals surface area contributed by atoms with Crippen LogP contribution in [0.15, 0.2) is 72.8 Å². The van der Waals surface area contributed by atoms with Gasteiger partial charge in [-0.2, -0.15) is 0 Å². The first-order chi connectivity index (χ1) is 13.9. The molecule has 0 aromatic heterocycles. The fourth-order valence-corrected chi connectivity index (χ4v) is 4.92. The highest BCUT2D eigenvalue weighted by atomic mass is 35.5. The van der Waals surface area contributed by atoms with Gasteiger partial charge in [0, 0.05) is 35.6 Å². The van der Waals surface area contributed by atoms with Crippen LogP contribution in [0.1, 0.15) is 11.3 Å². The first kappa shape index (κ1) is 21.7. The predicted octanol–water partition coefficient (Wildman–Crippen LogP) is 7.02. The zero-order chi connectivity index (χ0) is 21.0. The number of hydrogen-bond donors (Lipinski definition) is 1. The zero-order valence-electron chi connectivity index (χ0n) is 15.8. The predicted molar refractivity (Wildman–Crippen MR) is 118 cm³/mol. The van der Waals surface area contributed by atoms with Crippen LogP contribution in [0.25, 0.3) is 0 Å². The Kier molecular flexibility index (Phi) is 6.89. The summed E-state index contributed by atoms with van der Waals surface area (Å²) in [6, 6.07) is 20.7. The van der Waals surface area contributed by atoms with Crippen molar-refractivity contribution in [2.75, 3.05) is 19.1 Å². The minimum absolute atomic E-state index is 0.0988. The van der Waals surface area contributed by atoms with E-state index in [0.717, 1.165) is 11.4 Å². The first-order valence-corrected chi connectivity index (χ1v) is 11.0. The van der Waals surface area contributed by atoms with E-state index >= 15 is 0 Å². The molecule has 1 atom stereocenters. The molecule has 3 rings (SSSR count). The quantitative estimate of drug-likeness (QED) is 0.391. The molecule has 0 saturated heterocycles. The lowest BCUT2D eigenvalue weighted by Gasteiger charge is -2.37. The summed E-state index contributed by atoms with van der Waals surface area (Å²) in [5, 5.41) is 10.9. The topological polar surface area (TPSA) is 59.0 Å². The maximum absolute atomic E-state index is 13.7. The Morgan fingerprint density at radius 2 is 1.21 bits per heavy atom. The highest BCUT2D eigenvalue weighted by Crippen LogP contribution is 2.63. The third-order valence-corrected chi connectivity index (χ3v) is 7.10. The number of phenolic OH excluding ortho intramolecular Hbond substituents is 1. The van der Waals surface area contributed by atoms with E-state index in [0.29, 0.717) is 15.6 Å². The lowest BCUT2D eigenvalue weighted by Crippen LogP contribution is -2.25. The van der Waals surface area contributed by atoms with E-state index in [1.165, 1.54) is 26.4 Å². The van der Waals surface area contributed by atoms with Crippen molar-refractivity contribution in [2.24, 2.45) is 0 Å². The van der Waals surface area contributed by atoms with Gasteiger partial charge in [0.2, 0.25) is 0 Å². The monoisotopic (exact) mass is 451 g/mol. The maximum atomic E-state index is 13.7. The molecule has 0 aliphatic carbocycles. The van der Waals surface area contributed by atoms with Gasteiger partial charge in [0.05, 0.1) is 0 Å². The Labute approximate surface area is 179 Å². The molecule has 8 heteroatoms. The first-order valence-electron chi connectivity index (χ1n) is 8.68. The molecular weight excluding hydrogens is 432 g/mol. The molecule has 5 nitrogen and oxygen atoms in total. The summed E-state index contributed by atoms with van der Waals surface area (Å²) in [6.45, 7) is 0. The van der Waals surface area contributed by atoms with Gasteiger partial charge in [0.25, 0.3) is 0 Å². The Hall–Kier alpha value is -2.01. The smallest absolute Gasteiger partial charge is 0.357 e. The van der Waals surface area contributed by atoms with Gasteiger partial charge >= 0.3 is 7.60 Å². The molecule has 0 bridgehead atoms. The van der Waals surface area contributed by atoms with Crippen molar-refractivity contribution >= 4 is 42.2 Å². The van der Waals surface area contributed by atoms with E-state index in [1.807, 2.05) is 29.2 Å². The number of hydrogen-bond acceptors (Lipinski definition) is 5. The number of aromatic hydroxyl groups is 1. The molecule has 0 aliphatic heterocycles. The lowest BCUT2D eigenvalue weighted by molar-refractivity contribution is 0.266. The van der Waals surface area contributed by atoms with Crippen LogP contribution < -0.4 is 4.90 Å². The van der Waals surface area contributed by atoms with Crippen LogP contribution in [0, 0.1) is 0 Å². The Balaban J connectivity index is 2.26. The average molecular weight is 452 g/mol. The third kappa shape index (κ3) is 4.77. The maximum Gasteiger partial charge on any atom is 0.357 e. The van der Waals surface area contributed by atoms with Gasteiger partial charge < -0.3 is 19.1 Å². The van der Waals surface area contributed by atoms with Crippen LogP contribution in [0.5, 0.6) is 5.75 Å². The van der Waals surface area contributed by atoms with Crippen LogP contribution in [-0.2, 0) is 13.6 Å². The van der Waals surface area contributed by atoms with Crippen molar-refractivity contribution in [3.63, 3.8) is 0 Å². The molecule has 1 unspecified atom stereocenters. The largest absolute Gasteiger partial charge is 0.508 e. The normalized spacial score (nSPS) is 12.6. The van der Waals surface area contributed by atoms with Crippen molar-refractivity contribution in [3.05, 3.63) is 88.4 Å². The van der Waals surface area contributed by atoms with Crippen LogP contribution in [0.2, 0.25) is 10.0 Å². The minimum Gasteiger partial charge on any atom is -0.508 e.